The van der Waals surface area contributed by atoms with E-state index in [1.165, 1.54) is 23.3 Å². The van der Waals surface area contributed by atoms with Gasteiger partial charge in [0.2, 0.25) is 5.16 Å². The van der Waals surface area contributed by atoms with Gasteiger partial charge in [-0.2, -0.15) is 9.36 Å². The maximum atomic E-state index is 5.52. The highest BCUT2D eigenvalue weighted by Gasteiger charge is 2.17. The minimum absolute atomic E-state index is 0.525. The zero-order chi connectivity index (χ0) is 9.80. The van der Waals surface area contributed by atoms with E-state index in [-0.39, 0.29) is 0 Å². The molecule has 1 aromatic heterocycles. The summed E-state index contributed by atoms with van der Waals surface area (Å²) in [5.74, 6) is 0.525. The van der Waals surface area contributed by atoms with Gasteiger partial charge >= 0.3 is 0 Å². The quantitative estimate of drug-likeness (QED) is 0.739. The molecule has 1 atom stereocenters. The fourth-order valence-electron chi connectivity index (χ4n) is 1.24. The molecule has 1 aliphatic heterocycles. The van der Waals surface area contributed by atoms with Crippen LogP contribution in [-0.4, -0.2) is 35.4 Å². The molecule has 0 aliphatic carbocycles. The Morgan fingerprint density at radius 2 is 2.64 bits per heavy atom. The summed E-state index contributed by atoms with van der Waals surface area (Å²) in [6.07, 6.45) is 3.05. The molecular formula is C8H12N2O2S2. The summed E-state index contributed by atoms with van der Waals surface area (Å²) in [6, 6.07) is 0. The van der Waals surface area contributed by atoms with E-state index >= 15 is 0 Å². The van der Waals surface area contributed by atoms with Gasteiger partial charge in [0.25, 0.3) is 5.19 Å². The van der Waals surface area contributed by atoms with Crippen molar-refractivity contribution in [1.29, 1.82) is 0 Å². The van der Waals surface area contributed by atoms with Crippen LogP contribution >= 0.6 is 23.3 Å². The number of nitrogens with zero attached hydrogens (tertiary/aromatic N) is 2. The summed E-state index contributed by atoms with van der Waals surface area (Å²) in [5.41, 5.74) is 0. The molecule has 0 radical (unpaired) electrons. The molecule has 0 saturated carbocycles. The van der Waals surface area contributed by atoms with E-state index < -0.39 is 0 Å². The summed E-state index contributed by atoms with van der Waals surface area (Å²) >= 11 is 2.84. The highest BCUT2D eigenvalue weighted by molar-refractivity contribution is 7.98. The van der Waals surface area contributed by atoms with E-state index in [1.54, 1.807) is 0 Å². The lowest BCUT2D eigenvalue weighted by Crippen LogP contribution is -2.11. The van der Waals surface area contributed by atoms with Gasteiger partial charge < -0.3 is 9.47 Å². The Morgan fingerprint density at radius 1 is 1.71 bits per heavy atom. The van der Waals surface area contributed by atoms with Crippen LogP contribution in [0.25, 0.3) is 0 Å². The highest BCUT2D eigenvalue weighted by Crippen LogP contribution is 2.21. The van der Waals surface area contributed by atoms with Crippen LogP contribution in [-0.2, 0) is 4.74 Å². The van der Waals surface area contributed by atoms with Crippen molar-refractivity contribution in [3.63, 3.8) is 0 Å². The molecule has 1 fully saturated rings. The third kappa shape index (κ3) is 2.59. The molecule has 78 valence electrons. The van der Waals surface area contributed by atoms with Gasteiger partial charge in [-0.15, -0.1) is 0 Å². The number of ether oxygens (including phenoxy) is 2. The van der Waals surface area contributed by atoms with Crippen molar-refractivity contribution in [3.8, 4) is 5.19 Å². The second kappa shape index (κ2) is 4.95. The molecule has 4 nitrogen and oxygen atoms in total. The van der Waals surface area contributed by atoms with E-state index in [0.717, 1.165) is 24.8 Å². The number of hydrogen-bond acceptors (Lipinski definition) is 6. The topological polar surface area (TPSA) is 44.2 Å². The Bertz CT molecular complexity index is 287. The number of hydrogen-bond donors (Lipinski definition) is 0. The average Bonchev–Trinajstić information content (AvgIpc) is 2.86. The Labute approximate surface area is 91.2 Å². The van der Waals surface area contributed by atoms with Crippen molar-refractivity contribution in [2.24, 2.45) is 5.92 Å². The molecule has 0 amide bonds. The van der Waals surface area contributed by atoms with Gasteiger partial charge in [-0.1, -0.05) is 11.8 Å². The van der Waals surface area contributed by atoms with Crippen LogP contribution in [0.15, 0.2) is 5.16 Å². The third-order valence-electron chi connectivity index (χ3n) is 2.04. The summed E-state index contributed by atoms with van der Waals surface area (Å²) in [6.45, 7) is 2.37. The monoisotopic (exact) mass is 232 g/mol. The summed E-state index contributed by atoms with van der Waals surface area (Å²) in [7, 11) is 0. The molecule has 14 heavy (non-hydrogen) atoms. The molecule has 6 heteroatoms. The lowest BCUT2D eigenvalue weighted by Gasteiger charge is -2.06. The van der Waals surface area contributed by atoms with Crippen molar-refractivity contribution >= 4 is 23.3 Å². The largest absolute Gasteiger partial charge is 0.469 e. The summed E-state index contributed by atoms with van der Waals surface area (Å²) < 4.78 is 14.9. The minimum Gasteiger partial charge on any atom is -0.469 e. The molecule has 1 unspecified atom stereocenters. The van der Waals surface area contributed by atoms with Crippen molar-refractivity contribution in [1.82, 2.24) is 9.36 Å². The standard InChI is InChI=1S/C8H12N2O2S2/c1-13-7-9-8(14-10-7)12-5-6-2-3-11-4-6/h6H,2-5H2,1H3. The Hall–Kier alpha value is -0.330. The van der Waals surface area contributed by atoms with E-state index in [4.69, 9.17) is 9.47 Å². The molecule has 2 rings (SSSR count). The Balaban J connectivity index is 1.79. The van der Waals surface area contributed by atoms with E-state index in [9.17, 15) is 0 Å². The first-order valence-corrected chi connectivity index (χ1v) is 6.46. The molecule has 0 spiro atoms. The molecular weight excluding hydrogens is 220 g/mol. The maximum absolute atomic E-state index is 5.52. The van der Waals surface area contributed by atoms with Gasteiger partial charge in [-0.05, 0) is 12.7 Å². The molecule has 0 aromatic carbocycles. The van der Waals surface area contributed by atoms with Crippen LogP contribution < -0.4 is 4.74 Å². The lowest BCUT2D eigenvalue weighted by atomic mass is 10.1. The average molecular weight is 232 g/mol. The van der Waals surface area contributed by atoms with Crippen LogP contribution in [0.1, 0.15) is 6.42 Å². The van der Waals surface area contributed by atoms with Crippen LogP contribution in [0.2, 0.25) is 0 Å². The molecule has 1 aromatic rings. The lowest BCUT2D eigenvalue weighted by molar-refractivity contribution is 0.167. The maximum Gasteiger partial charge on any atom is 0.293 e. The summed E-state index contributed by atoms with van der Waals surface area (Å²) in [4.78, 5) is 4.20. The SMILES string of the molecule is CSc1nsc(OCC2CCOC2)n1. The van der Waals surface area contributed by atoms with Gasteiger partial charge in [0, 0.05) is 24.1 Å². The van der Waals surface area contributed by atoms with Crippen LogP contribution in [0.5, 0.6) is 5.19 Å². The first kappa shape index (κ1) is 10.2. The fraction of sp³-hybridized carbons (Fsp3) is 0.750. The summed E-state index contributed by atoms with van der Waals surface area (Å²) in [5, 5.41) is 1.45. The zero-order valence-electron chi connectivity index (χ0n) is 7.93. The van der Waals surface area contributed by atoms with Gasteiger partial charge in [0.15, 0.2) is 0 Å². The van der Waals surface area contributed by atoms with Crippen molar-refractivity contribution in [2.45, 2.75) is 11.6 Å². The predicted octanol–water partition coefficient (Wildman–Crippen LogP) is 1.68. The molecule has 0 bridgehead atoms. The van der Waals surface area contributed by atoms with Crippen LogP contribution in [0, 0.1) is 5.92 Å². The predicted molar refractivity (Wildman–Crippen MR) is 56.1 cm³/mol. The first-order chi connectivity index (χ1) is 6.88. The zero-order valence-corrected chi connectivity index (χ0v) is 9.57. The van der Waals surface area contributed by atoms with Crippen molar-refractivity contribution < 1.29 is 9.47 Å². The van der Waals surface area contributed by atoms with Gasteiger partial charge in [-0.3, -0.25) is 0 Å². The van der Waals surface area contributed by atoms with Gasteiger partial charge in [0.05, 0.1) is 13.2 Å². The first-order valence-electron chi connectivity index (χ1n) is 4.46. The molecule has 2 heterocycles. The normalized spacial score (nSPS) is 21.4. The second-order valence-electron chi connectivity index (χ2n) is 3.09. The number of thioether (sulfide) groups is 1. The van der Waals surface area contributed by atoms with E-state index in [2.05, 4.69) is 9.36 Å². The van der Waals surface area contributed by atoms with Gasteiger partial charge in [-0.25, -0.2) is 0 Å². The minimum atomic E-state index is 0.525. The van der Waals surface area contributed by atoms with E-state index in [1.807, 2.05) is 6.26 Å². The Kier molecular flexibility index (Phi) is 3.61. The Morgan fingerprint density at radius 3 is 3.29 bits per heavy atom. The van der Waals surface area contributed by atoms with Crippen LogP contribution in [0.3, 0.4) is 0 Å². The molecule has 0 N–H and O–H groups in total. The molecule has 1 saturated heterocycles. The highest BCUT2D eigenvalue weighted by atomic mass is 32.2. The molecule has 1 aliphatic rings. The second-order valence-corrected chi connectivity index (χ2v) is 4.58. The smallest absolute Gasteiger partial charge is 0.293 e. The number of rotatable bonds is 4. The fourth-order valence-corrected chi connectivity index (χ4v) is 2.33. The number of aromatic nitrogens is 2. The van der Waals surface area contributed by atoms with Crippen molar-refractivity contribution in [2.75, 3.05) is 26.1 Å². The van der Waals surface area contributed by atoms with Crippen LogP contribution in [0.4, 0.5) is 0 Å². The van der Waals surface area contributed by atoms with E-state index in [0.29, 0.717) is 17.7 Å². The van der Waals surface area contributed by atoms with Gasteiger partial charge in [0.1, 0.15) is 0 Å². The third-order valence-corrected chi connectivity index (χ3v) is 3.33. The van der Waals surface area contributed by atoms with Crippen molar-refractivity contribution in [3.05, 3.63) is 0 Å².